The molecule has 0 amide bonds. The van der Waals surface area contributed by atoms with Crippen molar-refractivity contribution in [2.45, 2.75) is 58.0 Å². The molecule has 2 nitrogen and oxygen atoms in total. The van der Waals surface area contributed by atoms with Crippen molar-refractivity contribution < 1.29 is 0 Å². The molecule has 2 atom stereocenters. The number of nitrogens with zero attached hydrogens (tertiary/aromatic N) is 1. The molecule has 0 aromatic carbocycles. The van der Waals surface area contributed by atoms with Crippen LogP contribution in [0.3, 0.4) is 0 Å². The molecule has 3 heteroatoms. The fraction of sp³-hybridized carbons (Fsp3) is 0.923. The zero-order chi connectivity index (χ0) is 10.4. The summed E-state index contributed by atoms with van der Waals surface area (Å²) in [6, 6.07) is 1.31. The number of halogens is 1. The van der Waals surface area contributed by atoms with Crippen LogP contribution in [-0.2, 0) is 0 Å². The van der Waals surface area contributed by atoms with Crippen molar-refractivity contribution in [1.29, 1.82) is 0 Å². The molecule has 2 fully saturated rings. The molecule has 1 N–H and O–H groups in total. The number of hydrogen-bond acceptors (Lipinski definition) is 2. The quantitative estimate of drug-likeness (QED) is 0.809. The summed E-state index contributed by atoms with van der Waals surface area (Å²) in [6.45, 7) is 4.55. The molecular weight excluding hydrogens is 220 g/mol. The highest BCUT2D eigenvalue weighted by Crippen LogP contribution is 2.44. The largest absolute Gasteiger partial charge is 0.371 e. The van der Waals surface area contributed by atoms with Gasteiger partial charge in [-0.2, -0.15) is 0 Å². The van der Waals surface area contributed by atoms with Crippen molar-refractivity contribution in [3.63, 3.8) is 0 Å². The highest BCUT2D eigenvalue weighted by atomic mass is 35.5. The zero-order valence-electron chi connectivity index (χ0n) is 10.3. The SMILES string of the molecule is C[C@@H]1CC(NC(C2CC2)C2CC2)=N[C@@H]1C.Cl. The normalized spacial score (nSPS) is 33.6. The van der Waals surface area contributed by atoms with E-state index >= 15 is 0 Å². The standard InChI is InChI=1S/C13H22N2.ClH/c1-8-7-12(14-9(8)2)15-13(10-3-4-10)11-5-6-11;/h8-11,13H,3-7H2,1-2H3,(H,14,15);1H/t8-,9-;/m1./s1. The van der Waals surface area contributed by atoms with E-state index in [0.29, 0.717) is 6.04 Å². The fourth-order valence-corrected chi connectivity index (χ4v) is 2.72. The molecule has 0 spiro atoms. The van der Waals surface area contributed by atoms with Crippen molar-refractivity contribution in [2.24, 2.45) is 22.7 Å². The van der Waals surface area contributed by atoms with Crippen molar-refractivity contribution in [3.05, 3.63) is 0 Å². The summed E-state index contributed by atoms with van der Waals surface area (Å²) >= 11 is 0. The van der Waals surface area contributed by atoms with Crippen molar-refractivity contribution >= 4 is 18.2 Å². The van der Waals surface area contributed by atoms with Gasteiger partial charge in [0.2, 0.25) is 0 Å². The van der Waals surface area contributed by atoms with Gasteiger partial charge in [0.15, 0.2) is 0 Å². The summed E-state index contributed by atoms with van der Waals surface area (Å²) in [5, 5.41) is 3.75. The second kappa shape index (κ2) is 4.56. The zero-order valence-corrected chi connectivity index (χ0v) is 11.1. The van der Waals surface area contributed by atoms with Crippen molar-refractivity contribution in [3.8, 4) is 0 Å². The Morgan fingerprint density at radius 2 is 1.69 bits per heavy atom. The second-order valence-corrected chi connectivity index (χ2v) is 5.84. The van der Waals surface area contributed by atoms with Gasteiger partial charge in [-0.25, -0.2) is 0 Å². The summed E-state index contributed by atoms with van der Waals surface area (Å²) in [5.41, 5.74) is 0. The Morgan fingerprint density at radius 3 is 2.06 bits per heavy atom. The van der Waals surface area contributed by atoms with Crippen LogP contribution in [0.25, 0.3) is 0 Å². The van der Waals surface area contributed by atoms with Gasteiger partial charge in [0, 0.05) is 12.5 Å². The van der Waals surface area contributed by atoms with Crippen LogP contribution < -0.4 is 5.32 Å². The van der Waals surface area contributed by atoms with Crippen molar-refractivity contribution in [2.75, 3.05) is 0 Å². The van der Waals surface area contributed by atoms with E-state index in [2.05, 4.69) is 19.2 Å². The van der Waals surface area contributed by atoms with Gasteiger partial charge in [0.1, 0.15) is 0 Å². The monoisotopic (exact) mass is 242 g/mol. The lowest BCUT2D eigenvalue weighted by Gasteiger charge is -2.18. The average Bonchev–Trinajstić information content (AvgIpc) is 3.07. The Hall–Kier alpha value is -0.240. The van der Waals surface area contributed by atoms with Gasteiger partial charge < -0.3 is 5.32 Å². The van der Waals surface area contributed by atoms with Crippen LogP contribution in [-0.4, -0.2) is 17.9 Å². The maximum atomic E-state index is 4.74. The lowest BCUT2D eigenvalue weighted by Crippen LogP contribution is -2.37. The smallest absolute Gasteiger partial charge is 0.0972 e. The maximum absolute atomic E-state index is 4.74. The number of amidine groups is 1. The Kier molecular flexibility index (Phi) is 3.48. The lowest BCUT2D eigenvalue weighted by atomic mass is 10.0. The Bertz CT molecular complexity index is 270. The fourth-order valence-electron chi connectivity index (χ4n) is 2.72. The van der Waals surface area contributed by atoms with Crippen molar-refractivity contribution in [1.82, 2.24) is 5.32 Å². The molecule has 16 heavy (non-hydrogen) atoms. The molecule has 1 aliphatic heterocycles. The lowest BCUT2D eigenvalue weighted by molar-refractivity contribution is 0.477. The molecule has 0 aromatic heterocycles. The van der Waals surface area contributed by atoms with E-state index in [9.17, 15) is 0 Å². The van der Waals surface area contributed by atoms with Crippen LogP contribution in [0.2, 0.25) is 0 Å². The molecule has 0 unspecified atom stereocenters. The molecule has 0 bridgehead atoms. The summed E-state index contributed by atoms with van der Waals surface area (Å²) in [6.07, 6.45) is 6.98. The summed E-state index contributed by atoms with van der Waals surface area (Å²) in [7, 11) is 0. The Balaban J connectivity index is 0.000000963. The number of nitrogens with one attached hydrogen (secondary N) is 1. The summed E-state index contributed by atoms with van der Waals surface area (Å²) < 4.78 is 0. The molecule has 2 saturated carbocycles. The van der Waals surface area contributed by atoms with Crippen LogP contribution in [0.5, 0.6) is 0 Å². The molecule has 92 valence electrons. The molecular formula is C13H23ClN2. The van der Waals surface area contributed by atoms with Crippen LogP contribution in [0, 0.1) is 17.8 Å². The molecule has 3 aliphatic rings. The first kappa shape index (κ1) is 12.2. The van der Waals surface area contributed by atoms with E-state index < -0.39 is 0 Å². The molecule has 3 rings (SSSR count). The van der Waals surface area contributed by atoms with Gasteiger partial charge in [0.25, 0.3) is 0 Å². The number of aliphatic imine (C=N–C) groups is 1. The van der Waals surface area contributed by atoms with Crippen LogP contribution in [0.1, 0.15) is 46.0 Å². The van der Waals surface area contributed by atoms with E-state index in [1.807, 2.05) is 0 Å². The van der Waals surface area contributed by atoms with Gasteiger partial charge in [-0.15, -0.1) is 12.4 Å². The van der Waals surface area contributed by atoms with Gasteiger partial charge in [-0.05, 0) is 50.4 Å². The van der Waals surface area contributed by atoms with Crippen LogP contribution >= 0.6 is 12.4 Å². The topological polar surface area (TPSA) is 24.4 Å². The molecule has 0 saturated heterocycles. The third kappa shape index (κ3) is 2.53. The minimum absolute atomic E-state index is 0. The minimum atomic E-state index is 0. The molecule has 2 aliphatic carbocycles. The highest BCUT2D eigenvalue weighted by molar-refractivity contribution is 5.85. The third-order valence-electron chi connectivity index (χ3n) is 4.29. The summed E-state index contributed by atoms with van der Waals surface area (Å²) in [4.78, 5) is 4.74. The van der Waals surface area contributed by atoms with Gasteiger partial charge >= 0.3 is 0 Å². The van der Waals surface area contributed by atoms with Gasteiger partial charge in [-0.3, -0.25) is 4.99 Å². The van der Waals surface area contributed by atoms with E-state index in [1.165, 1.54) is 37.9 Å². The molecule has 1 heterocycles. The predicted molar refractivity (Wildman–Crippen MR) is 70.3 cm³/mol. The molecule has 0 aromatic rings. The van der Waals surface area contributed by atoms with Gasteiger partial charge in [0.05, 0.1) is 11.9 Å². The third-order valence-corrected chi connectivity index (χ3v) is 4.29. The average molecular weight is 243 g/mol. The Labute approximate surface area is 105 Å². The number of hydrogen-bond donors (Lipinski definition) is 1. The van der Waals surface area contributed by atoms with Crippen LogP contribution in [0.4, 0.5) is 0 Å². The first-order valence-electron chi connectivity index (χ1n) is 6.57. The predicted octanol–water partition coefficient (Wildman–Crippen LogP) is 3.01. The summed E-state index contributed by atoms with van der Waals surface area (Å²) in [5.74, 6) is 4.00. The number of rotatable bonds is 3. The highest BCUT2D eigenvalue weighted by Gasteiger charge is 2.42. The van der Waals surface area contributed by atoms with E-state index in [1.54, 1.807) is 0 Å². The Morgan fingerprint density at radius 1 is 1.12 bits per heavy atom. The van der Waals surface area contributed by atoms with E-state index in [-0.39, 0.29) is 12.4 Å². The van der Waals surface area contributed by atoms with E-state index in [0.717, 1.165) is 23.8 Å². The second-order valence-electron chi connectivity index (χ2n) is 5.84. The first-order chi connectivity index (χ1) is 7.24. The first-order valence-corrected chi connectivity index (χ1v) is 6.57. The van der Waals surface area contributed by atoms with E-state index in [4.69, 9.17) is 4.99 Å². The minimum Gasteiger partial charge on any atom is -0.371 e. The van der Waals surface area contributed by atoms with Gasteiger partial charge in [-0.1, -0.05) is 6.92 Å². The van der Waals surface area contributed by atoms with Crippen LogP contribution in [0.15, 0.2) is 4.99 Å². The molecule has 0 radical (unpaired) electrons. The maximum Gasteiger partial charge on any atom is 0.0972 e.